The molecule has 2 rings (SSSR count). The highest BCUT2D eigenvalue weighted by Gasteiger charge is 2.23. The summed E-state index contributed by atoms with van der Waals surface area (Å²) in [6.07, 6.45) is 1.65. The maximum atomic E-state index is 12.1. The molecule has 0 radical (unpaired) electrons. The molecule has 1 amide bonds. The van der Waals surface area contributed by atoms with Crippen LogP contribution in [0.15, 0.2) is 24.3 Å². The van der Waals surface area contributed by atoms with Gasteiger partial charge < -0.3 is 4.90 Å². The molecule has 3 heteroatoms. The van der Waals surface area contributed by atoms with Crippen molar-refractivity contribution in [2.24, 2.45) is 0 Å². The third-order valence-electron chi connectivity index (χ3n) is 2.96. The monoisotopic (exact) mass is 249 g/mol. The van der Waals surface area contributed by atoms with Crippen LogP contribution in [-0.2, 0) is 11.2 Å². The summed E-state index contributed by atoms with van der Waals surface area (Å²) in [5.74, 6) is 1.19. The number of rotatable bonds is 4. The molecule has 0 aliphatic carbocycles. The first kappa shape index (κ1) is 12.5. The van der Waals surface area contributed by atoms with Crippen molar-refractivity contribution in [1.82, 2.24) is 0 Å². The van der Waals surface area contributed by atoms with Crippen molar-refractivity contribution in [1.29, 1.82) is 0 Å². The van der Waals surface area contributed by atoms with E-state index >= 15 is 0 Å². The molecule has 1 aromatic rings. The first-order valence-electron chi connectivity index (χ1n) is 6.18. The first-order chi connectivity index (χ1) is 8.18. The number of amides is 1. The van der Waals surface area contributed by atoms with E-state index in [9.17, 15) is 4.79 Å². The molecule has 0 bridgehead atoms. The summed E-state index contributed by atoms with van der Waals surface area (Å²) in [7, 11) is 0. The van der Waals surface area contributed by atoms with Crippen molar-refractivity contribution in [2.75, 3.05) is 17.2 Å². The van der Waals surface area contributed by atoms with Crippen LogP contribution < -0.4 is 4.90 Å². The van der Waals surface area contributed by atoms with Gasteiger partial charge in [-0.25, -0.2) is 0 Å². The number of para-hydroxylation sites is 1. The van der Waals surface area contributed by atoms with Crippen LogP contribution in [0, 0.1) is 0 Å². The summed E-state index contributed by atoms with van der Waals surface area (Å²) in [6.45, 7) is 5.19. The number of thioether (sulfide) groups is 1. The van der Waals surface area contributed by atoms with E-state index in [2.05, 4.69) is 26.0 Å². The van der Waals surface area contributed by atoms with Crippen LogP contribution in [0.2, 0.25) is 0 Å². The van der Waals surface area contributed by atoms with Crippen molar-refractivity contribution in [3.63, 3.8) is 0 Å². The van der Waals surface area contributed by atoms with Crippen molar-refractivity contribution in [3.05, 3.63) is 29.8 Å². The fraction of sp³-hybridized carbons (Fsp3) is 0.500. The Bertz CT molecular complexity index is 403. The molecule has 0 unspecified atom stereocenters. The maximum absolute atomic E-state index is 12.1. The third-order valence-corrected chi connectivity index (χ3v) is 4.06. The Balaban J connectivity index is 1.93. The van der Waals surface area contributed by atoms with Crippen molar-refractivity contribution < 1.29 is 4.79 Å². The fourth-order valence-electron chi connectivity index (χ4n) is 2.11. The van der Waals surface area contributed by atoms with E-state index in [1.807, 2.05) is 28.8 Å². The normalized spacial score (nSPS) is 14.2. The van der Waals surface area contributed by atoms with Crippen LogP contribution in [0.1, 0.15) is 25.8 Å². The first-order valence-corrected chi connectivity index (χ1v) is 7.23. The van der Waals surface area contributed by atoms with Gasteiger partial charge in [-0.3, -0.25) is 4.79 Å². The van der Waals surface area contributed by atoms with E-state index in [1.165, 1.54) is 5.56 Å². The van der Waals surface area contributed by atoms with Crippen LogP contribution in [-0.4, -0.2) is 23.5 Å². The molecule has 2 nitrogen and oxygen atoms in total. The minimum absolute atomic E-state index is 0.267. The molecule has 0 fully saturated rings. The molecule has 1 heterocycles. The number of anilines is 1. The van der Waals surface area contributed by atoms with Gasteiger partial charge >= 0.3 is 0 Å². The van der Waals surface area contributed by atoms with Crippen LogP contribution in [0.3, 0.4) is 0 Å². The molecule has 0 atom stereocenters. The van der Waals surface area contributed by atoms with Gasteiger partial charge in [0.2, 0.25) is 5.91 Å². The van der Waals surface area contributed by atoms with Crippen LogP contribution in [0.5, 0.6) is 0 Å². The number of hydrogen-bond acceptors (Lipinski definition) is 2. The van der Waals surface area contributed by atoms with Gasteiger partial charge in [-0.1, -0.05) is 32.0 Å². The van der Waals surface area contributed by atoms with Crippen molar-refractivity contribution in [3.8, 4) is 0 Å². The number of carbonyl (C=O) groups is 1. The lowest BCUT2D eigenvalue weighted by Gasteiger charge is -2.17. The molecule has 0 N–H and O–H groups in total. The quantitative estimate of drug-likeness (QED) is 0.817. The molecule has 0 saturated heterocycles. The molecule has 1 aliphatic rings. The predicted octanol–water partition coefficient (Wildman–Crippen LogP) is 3.11. The number of benzene rings is 1. The number of carbonyl (C=O) groups excluding carboxylic acids is 1. The predicted molar refractivity (Wildman–Crippen MR) is 74.7 cm³/mol. The lowest BCUT2D eigenvalue weighted by molar-refractivity contribution is -0.118. The highest BCUT2D eigenvalue weighted by Crippen LogP contribution is 2.28. The minimum atomic E-state index is 0.267. The van der Waals surface area contributed by atoms with E-state index in [4.69, 9.17) is 0 Å². The molecule has 0 saturated carbocycles. The van der Waals surface area contributed by atoms with Crippen LogP contribution >= 0.6 is 11.8 Å². The fourth-order valence-corrected chi connectivity index (χ4v) is 2.88. The second-order valence-electron chi connectivity index (χ2n) is 4.59. The lowest BCUT2D eigenvalue weighted by Crippen LogP contribution is -2.29. The SMILES string of the molecule is CC(C)SCCC(=O)N1CCc2ccccc21. The Hall–Kier alpha value is -0.960. The van der Waals surface area contributed by atoms with E-state index in [0.29, 0.717) is 11.7 Å². The largest absolute Gasteiger partial charge is 0.312 e. The average Bonchev–Trinajstić information content (AvgIpc) is 2.72. The Morgan fingerprint density at radius 1 is 1.41 bits per heavy atom. The average molecular weight is 249 g/mol. The van der Waals surface area contributed by atoms with Crippen LogP contribution in [0.25, 0.3) is 0 Å². The van der Waals surface area contributed by atoms with Gasteiger partial charge in [-0.2, -0.15) is 11.8 Å². The zero-order valence-corrected chi connectivity index (χ0v) is 11.3. The second kappa shape index (κ2) is 5.58. The number of fused-ring (bicyclic) bond motifs is 1. The van der Waals surface area contributed by atoms with Gasteiger partial charge in [-0.15, -0.1) is 0 Å². The Kier molecular flexibility index (Phi) is 4.11. The molecular formula is C14H19NOS. The molecule has 1 aromatic carbocycles. The molecule has 0 aromatic heterocycles. The Morgan fingerprint density at radius 2 is 2.18 bits per heavy atom. The van der Waals surface area contributed by atoms with Gasteiger partial charge in [-0.05, 0) is 23.3 Å². The summed E-state index contributed by atoms with van der Waals surface area (Å²) in [5.41, 5.74) is 2.42. The van der Waals surface area contributed by atoms with Gasteiger partial charge in [0.1, 0.15) is 0 Å². The van der Waals surface area contributed by atoms with E-state index in [0.717, 1.165) is 24.4 Å². The van der Waals surface area contributed by atoms with Crippen LogP contribution in [0.4, 0.5) is 5.69 Å². The summed E-state index contributed by atoms with van der Waals surface area (Å²) in [4.78, 5) is 14.0. The van der Waals surface area contributed by atoms with E-state index in [1.54, 1.807) is 0 Å². The summed E-state index contributed by atoms with van der Waals surface area (Å²) < 4.78 is 0. The Labute approximate surface area is 107 Å². The van der Waals surface area contributed by atoms with Crippen molar-refractivity contribution in [2.45, 2.75) is 31.9 Å². The summed E-state index contributed by atoms with van der Waals surface area (Å²) in [5, 5.41) is 0.605. The van der Waals surface area contributed by atoms with Gasteiger partial charge in [0.25, 0.3) is 0 Å². The summed E-state index contributed by atoms with van der Waals surface area (Å²) in [6, 6.07) is 8.22. The third kappa shape index (κ3) is 3.03. The summed E-state index contributed by atoms with van der Waals surface area (Å²) >= 11 is 1.85. The van der Waals surface area contributed by atoms with Gasteiger partial charge in [0, 0.05) is 24.4 Å². The van der Waals surface area contributed by atoms with E-state index in [-0.39, 0.29) is 5.91 Å². The second-order valence-corrected chi connectivity index (χ2v) is 6.28. The minimum Gasteiger partial charge on any atom is -0.312 e. The highest BCUT2D eigenvalue weighted by molar-refractivity contribution is 7.99. The number of nitrogens with zero attached hydrogens (tertiary/aromatic N) is 1. The molecule has 17 heavy (non-hydrogen) atoms. The lowest BCUT2D eigenvalue weighted by atomic mass is 10.2. The van der Waals surface area contributed by atoms with Crippen molar-refractivity contribution >= 4 is 23.4 Å². The smallest absolute Gasteiger partial charge is 0.227 e. The Morgan fingerprint density at radius 3 is 2.94 bits per heavy atom. The number of hydrogen-bond donors (Lipinski definition) is 0. The van der Waals surface area contributed by atoms with Gasteiger partial charge in [0.05, 0.1) is 0 Å². The highest BCUT2D eigenvalue weighted by atomic mass is 32.2. The standard InChI is InChI=1S/C14H19NOS/c1-11(2)17-10-8-14(16)15-9-7-12-5-3-4-6-13(12)15/h3-6,11H,7-10H2,1-2H3. The zero-order valence-electron chi connectivity index (χ0n) is 10.5. The van der Waals surface area contributed by atoms with Gasteiger partial charge in [0.15, 0.2) is 0 Å². The molecule has 0 spiro atoms. The molecular weight excluding hydrogens is 230 g/mol. The maximum Gasteiger partial charge on any atom is 0.227 e. The zero-order chi connectivity index (χ0) is 12.3. The molecule has 1 aliphatic heterocycles. The topological polar surface area (TPSA) is 20.3 Å². The van der Waals surface area contributed by atoms with E-state index < -0.39 is 0 Å². The molecule has 92 valence electrons.